The Morgan fingerprint density at radius 3 is 2.92 bits per heavy atom. The van der Waals surface area contributed by atoms with Crippen molar-refractivity contribution in [2.75, 3.05) is 0 Å². The van der Waals surface area contributed by atoms with E-state index in [1.807, 2.05) is 0 Å². The number of imidazole rings is 1. The average Bonchev–Trinajstić information content (AvgIpc) is 2.51. The van der Waals surface area contributed by atoms with E-state index in [1.165, 1.54) is 13.3 Å². The number of ether oxygens (including phenoxy) is 1. The predicted molar refractivity (Wildman–Crippen MR) is 43.7 cm³/mol. The lowest BCUT2D eigenvalue weighted by Gasteiger charge is -2.00. The van der Waals surface area contributed by atoms with E-state index in [0.29, 0.717) is 5.69 Å². The number of aromatic nitrogens is 2. The van der Waals surface area contributed by atoms with Crippen molar-refractivity contribution in [1.82, 2.24) is 9.97 Å². The first kappa shape index (κ1) is 9.44. The van der Waals surface area contributed by atoms with Gasteiger partial charge in [0.05, 0.1) is 18.2 Å². The topological polar surface area (TPSA) is 72.1 Å². The van der Waals surface area contributed by atoms with Crippen LogP contribution in [-0.4, -0.2) is 21.7 Å². The Kier molecular flexibility index (Phi) is 3.19. The summed E-state index contributed by atoms with van der Waals surface area (Å²) < 4.78 is 4.77. The van der Waals surface area contributed by atoms with Crippen LogP contribution in [0.1, 0.15) is 19.0 Å². The summed E-state index contributed by atoms with van der Waals surface area (Å²) in [5.74, 6) is -0.711. The van der Waals surface area contributed by atoms with Crippen molar-refractivity contribution in [3.05, 3.63) is 18.2 Å². The zero-order valence-electron chi connectivity index (χ0n) is 7.24. The van der Waals surface area contributed by atoms with Crippen LogP contribution in [0.2, 0.25) is 0 Å². The molecule has 0 atom stereocenters. The highest BCUT2D eigenvalue weighted by Gasteiger charge is 2.06. The summed E-state index contributed by atoms with van der Waals surface area (Å²) in [5.41, 5.74) is 0.705. The Hall–Kier alpha value is -1.65. The van der Waals surface area contributed by atoms with Gasteiger partial charge >= 0.3 is 5.97 Å². The van der Waals surface area contributed by atoms with Crippen molar-refractivity contribution in [2.45, 2.75) is 20.0 Å². The van der Waals surface area contributed by atoms with Crippen LogP contribution in [0, 0.1) is 0 Å². The molecule has 0 aromatic carbocycles. The lowest BCUT2D eigenvalue weighted by atomic mass is 10.3. The fourth-order valence-corrected chi connectivity index (χ4v) is 0.776. The molecule has 1 heterocycles. The van der Waals surface area contributed by atoms with Gasteiger partial charge in [0.1, 0.15) is 18.8 Å². The van der Waals surface area contributed by atoms with Crippen LogP contribution in [0.5, 0.6) is 0 Å². The molecule has 13 heavy (non-hydrogen) atoms. The van der Waals surface area contributed by atoms with Crippen LogP contribution in [-0.2, 0) is 20.9 Å². The second-order valence-corrected chi connectivity index (χ2v) is 2.62. The summed E-state index contributed by atoms with van der Waals surface area (Å²) in [6.45, 7) is 1.48. The maximum Gasteiger partial charge on any atom is 0.313 e. The molecule has 1 aromatic rings. The molecule has 0 unspecified atom stereocenters. The van der Waals surface area contributed by atoms with Gasteiger partial charge in [-0.1, -0.05) is 0 Å². The van der Waals surface area contributed by atoms with E-state index in [1.54, 1.807) is 6.20 Å². The first-order chi connectivity index (χ1) is 6.18. The molecule has 0 saturated heterocycles. The second-order valence-electron chi connectivity index (χ2n) is 2.62. The number of aromatic amines is 1. The average molecular weight is 182 g/mol. The fraction of sp³-hybridized carbons (Fsp3) is 0.375. The smallest absolute Gasteiger partial charge is 0.313 e. The van der Waals surface area contributed by atoms with Crippen LogP contribution in [0.3, 0.4) is 0 Å². The molecule has 0 fully saturated rings. The molecular weight excluding hydrogens is 172 g/mol. The van der Waals surface area contributed by atoms with Crippen molar-refractivity contribution in [3.63, 3.8) is 0 Å². The van der Waals surface area contributed by atoms with E-state index in [2.05, 4.69) is 9.97 Å². The number of ketones is 1. The maximum atomic E-state index is 10.9. The first-order valence-corrected chi connectivity index (χ1v) is 3.81. The van der Waals surface area contributed by atoms with Gasteiger partial charge in [-0.2, -0.15) is 0 Å². The molecule has 5 nitrogen and oxygen atoms in total. The molecule has 0 saturated carbocycles. The highest BCUT2D eigenvalue weighted by molar-refractivity contribution is 5.94. The standard InChI is InChI=1S/C8H10N2O3/c1-6(11)2-8(12)13-4-7-3-9-5-10-7/h3,5H,2,4H2,1H3,(H,9,10). The van der Waals surface area contributed by atoms with E-state index < -0.39 is 5.97 Å². The van der Waals surface area contributed by atoms with Crippen LogP contribution < -0.4 is 0 Å². The number of carbonyl (C=O) groups is 2. The van der Waals surface area contributed by atoms with Crippen LogP contribution >= 0.6 is 0 Å². The van der Waals surface area contributed by atoms with Crippen molar-refractivity contribution < 1.29 is 14.3 Å². The Morgan fingerprint density at radius 2 is 2.38 bits per heavy atom. The Balaban J connectivity index is 2.27. The number of nitrogens with one attached hydrogen (secondary N) is 1. The normalized spacial score (nSPS) is 9.62. The van der Waals surface area contributed by atoms with Gasteiger partial charge in [-0.15, -0.1) is 0 Å². The van der Waals surface area contributed by atoms with Gasteiger partial charge < -0.3 is 9.72 Å². The number of rotatable bonds is 4. The maximum absolute atomic E-state index is 10.9. The zero-order chi connectivity index (χ0) is 9.68. The lowest BCUT2D eigenvalue weighted by Crippen LogP contribution is -2.08. The highest BCUT2D eigenvalue weighted by atomic mass is 16.5. The molecule has 70 valence electrons. The van der Waals surface area contributed by atoms with Crippen molar-refractivity contribution in [3.8, 4) is 0 Å². The summed E-state index contributed by atoms with van der Waals surface area (Å²) in [6.07, 6.45) is 2.88. The van der Waals surface area contributed by atoms with E-state index >= 15 is 0 Å². The van der Waals surface area contributed by atoms with Crippen LogP contribution in [0.25, 0.3) is 0 Å². The third kappa shape index (κ3) is 3.50. The minimum Gasteiger partial charge on any atom is -0.459 e. The molecule has 0 amide bonds. The number of hydrogen-bond acceptors (Lipinski definition) is 4. The third-order valence-corrected chi connectivity index (χ3v) is 1.34. The van der Waals surface area contributed by atoms with Crippen molar-refractivity contribution in [1.29, 1.82) is 0 Å². The zero-order valence-corrected chi connectivity index (χ0v) is 7.24. The summed E-state index contributed by atoms with van der Waals surface area (Å²) >= 11 is 0. The highest BCUT2D eigenvalue weighted by Crippen LogP contribution is 1.96. The molecule has 1 aromatic heterocycles. The van der Waals surface area contributed by atoms with E-state index in [4.69, 9.17) is 4.74 Å². The van der Waals surface area contributed by atoms with Gasteiger partial charge in [-0.05, 0) is 6.92 Å². The predicted octanol–water partition coefficient (Wildman–Crippen LogP) is 0.432. The number of nitrogens with zero attached hydrogens (tertiary/aromatic N) is 1. The quantitative estimate of drug-likeness (QED) is 0.541. The molecular formula is C8H10N2O3. The monoisotopic (exact) mass is 182 g/mol. The van der Waals surface area contributed by atoms with Gasteiger partial charge in [0.25, 0.3) is 0 Å². The van der Waals surface area contributed by atoms with Crippen LogP contribution in [0.4, 0.5) is 0 Å². The van der Waals surface area contributed by atoms with Crippen molar-refractivity contribution >= 4 is 11.8 Å². The van der Waals surface area contributed by atoms with Crippen LogP contribution in [0.15, 0.2) is 12.5 Å². The minimum absolute atomic E-state index is 0.131. The van der Waals surface area contributed by atoms with E-state index in [-0.39, 0.29) is 18.8 Å². The Morgan fingerprint density at radius 1 is 1.62 bits per heavy atom. The fourth-order valence-electron chi connectivity index (χ4n) is 0.776. The summed E-state index contributed by atoms with van der Waals surface area (Å²) in [4.78, 5) is 27.9. The van der Waals surface area contributed by atoms with E-state index in [0.717, 1.165) is 0 Å². The largest absolute Gasteiger partial charge is 0.459 e. The first-order valence-electron chi connectivity index (χ1n) is 3.81. The molecule has 0 aliphatic heterocycles. The van der Waals surface area contributed by atoms with Crippen molar-refractivity contribution in [2.24, 2.45) is 0 Å². The van der Waals surface area contributed by atoms with Gasteiger partial charge in [-0.25, -0.2) is 4.98 Å². The molecule has 0 spiro atoms. The number of hydrogen-bond donors (Lipinski definition) is 1. The number of esters is 1. The molecule has 0 aliphatic carbocycles. The van der Waals surface area contributed by atoms with Gasteiger partial charge in [-0.3, -0.25) is 9.59 Å². The molecule has 0 radical (unpaired) electrons. The van der Waals surface area contributed by atoms with Gasteiger partial charge in [0.2, 0.25) is 0 Å². The van der Waals surface area contributed by atoms with Gasteiger partial charge in [0, 0.05) is 0 Å². The minimum atomic E-state index is -0.512. The summed E-state index contributed by atoms with van der Waals surface area (Å²) in [5, 5.41) is 0. The second kappa shape index (κ2) is 4.39. The van der Waals surface area contributed by atoms with E-state index in [9.17, 15) is 9.59 Å². The third-order valence-electron chi connectivity index (χ3n) is 1.34. The SMILES string of the molecule is CC(=O)CC(=O)OCc1cnc[nH]1. The summed E-state index contributed by atoms with van der Waals surface area (Å²) in [7, 11) is 0. The molecule has 1 N–H and O–H groups in total. The molecule has 1 rings (SSSR count). The molecule has 0 bridgehead atoms. The molecule has 0 aliphatic rings. The van der Waals surface area contributed by atoms with Gasteiger partial charge in [0.15, 0.2) is 0 Å². The number of Topliss-reactive ketones (excluding diaryl/α,β-unsaturated/α-hetero) is 1. The molecule has 5 heteroatoms. The number of carbonyl (C=O) groups excluding carboxylic acids is 2. The Bertz CT molecular complexity index is 292. The summed E-state index contributed by atoms with van der Waals surface area (Å²) in [6, 6.07) is 0. The number of H-pyrrole nitrogens is 1. The Labute approximate surface area is 75.1 Å². The lowest BCUT2D eigenvalue weighted by molar-refractivity contribution is -0.147.